The van der Waals surface area contributed by atoms with Crippen LogP contribution in [0.25, 0.3) is 0 Å². The Balaban J connectivity index is 2.63. The van der Waals surface area contributed by atoms with Gasteiger partial charge < -0.3 is 9.84 Å². The molecule has 104 valence electrons. The molecule has 0 saturated heterocycles. The van der Waals surface area contributed by atoms with Crippen LogP contribution >= 0.6 is 0 Å². The number of carboxylic acids is 1. The lowest BCUT2D eigenvalue weighted by Gasteiger charge is -2.16. The first-order valence-corrected chi connectivity index (χ1v) is 7.14. The van der Waals surface area contributed by atoms with Crippen molar-refractivity contribution in [1.29, 1.82) is 0 Å². The SMILES string of the molecule is COC(=O)C(C)S(=O)(=O)N[C@H]1CC[C@@H](C(=O)O)C1. The first-order chi connectivity index (χ1) is 8.27. The van der Waals surface area contributed by atoms with Gasteiger partial charge in [-0.25, -0.2) is 13.1 Å². The fraction of sp³-hybridized carbons (Fsp3) is 0.800. The standard InChI is InChI=1S/C10H17NO6S/c1-6(10(14)17-2)18(15,16)11-8-4-3-7(5-8)9(12)13/h6-8,11H,3-5H2,1-2H3,(H,12,13)/t6?,7-,8+/m1/s1. The number of rotatable bonds is 5. The van der Waals surface area contributed by atoms with Gasteiger partial charge in [-0.3, -0.25) is 9.59 Å². The number of aliphatic carboxylic acids is 1. The summed E-state index contributed by atoms with van der Waals surface area (Å²) in [6.45, 7) is 1.23. The molecular weight excluding hydrogens is 262 g/mol. The summed E-state index contributed by atoms with van der Waals surface area (Å²) in [4.78, 5) is 21.9. The Kier molecular flexibility index (Phi) is 4.69. The number of carboxylic acid groups (broad SMARTS) is 1. The van der Waals surface area contributed by atoms with Crippen LogP contribution in [-0.2, 0) is 24.3 Å². The maximum Gasteiger partial charge on any atom is 0.325 e. The summed E-state index contributed by atoms with van der Waals surface area (Å²) in [5.41, 5.74) is 0. The Morgan fingerprint density at radius 2 is 2.00 bits per heavy atom. The third-order valence-electron chi connectivity index (χ3n) is 3.11. The number of methoxy groups -OCH3 is 1. The van der Waals surface area contributed by atoms with Gasteiger partial charge in [-0.05, 0) is 26.2 Å². The zero-order valence-electron chi connectivity index (χ0n) is 10.3. The summed E-state index contributed by atoms with van der Waals surface area (Å²) in [5.74, 6) is -2.28. The molecule has 0 aromatic heterocycles. The van der Waals surface area contributed by atoms with Crippen molar-refractivity contribution in [2.45, 2.75) is 37.5 Å². The molecule has 0 radical (unpaired) electrons. The molecule has 0 amide bonds. The smallest absolute Gasteiger partial charge is 0.325 e. The first kappa shape index (κ1) is 14.9. The second-order valence-electron chi connectivity index (χ2n) is 4.37. The van der Waals surface area contributed by atoms with E-state index in [-0.39, 0.29) is 6.42 Å². The molecule has 7 nitrogen and oxygen atoms in total. The summed E-state index contributed by atoms with van der Waals surface area (Å²) in [5, 5.41) is 7.51. The van der Waals surface area contributed by atoms with E-state index >= 15 is 0 Å². The zero-order chi connectivity index (χ0) is 13.9. The minimum atomic E-state index is -3.82. The third kappa shape index (κ3) is 3.42. The topological polar surface area (TPSA) is 110 Å². The molecule has 1 aliphatic rings. The van der Waals surface area contributed by atoms with Gasteiger partial charge in [0.2, 0.25) is 10.0 Å². The summed E-state index contributed by atoms with van der Waals surface area (Å²) in [7, 11) is -2.71. The minimum absolute atomic E-state index is 0.252. The largest absolute Gasteiger partial charge is 0.481 e. The fourth-order valence-electron chi connectivity index (χ4n) is 1.94. The van der Waals surface area contributed by atoms with Crippen molar-refractivity contribution in [2.75, 3.05) is 7.11 Å². The summed E-state index contributed by atoms with van der Waals surface area (Å²) in [6.07, 6.45) is 1.15. The van der Waals surface area contributed by atoms with E-state index in [4.69, 9.17) is 5.11 Å². The van der Waals surface area contributed by atoms with E-state index in [0.717, 1.165) is 7.11 Å². The van der Waals surface area contributed by atoms with E-state index in [2.05, 4.69) is 9.46 Å². The van der Waals surface area contributed by atoms with Gasteiger partial charge in [0.25, 0.3) is 0 Å². The molecule has 0 aromatic rings. The van der Waals surface area contributed by atoms with Gasteiger partial charge in [0.15, 0.2) is 5.25 Å². The molecule has 8 heteroatoms. The molecule has 0 heterocycles. The molecule has 0 aliphatic heterocycles. The highest BCUT2D eigenvalue weighted by molar-refractivity contribution is 7.90. The van der Waals surface area contributed by atoms with Crippen molar-refractivity contribution in [3.8, 4) is 0 Å². The molecule has 0 aromatic carbocycles. The molecule has 1 rings (SSSR count). The average molecular weight is 279 g/mol. The van der Waals surface area contributed by atoms with Gasteiger partial charge in [0.05, 0.1) is 13.0 Å². The maximum absolute atomic E-state index is 11.8. The number of sulfonamides is 1. The van der Waals surface area contributed by atoms with Crippen LogP contribution in [0.2, 0.25) is 0 Å². The van der Waals surface area contributed by atoms with Crippen LogP contribution in [0.1, 0.15) is 26.2 Å². The van der Waals surface area contributed by atoms with Crippen LogP contribution < -0.4 is 4.72 Å². The Labute approximate surface area is 106 Å². The van der Waals surface area contributed by atoms with Crippen LogP contribution in [0.15, 0.2) is 0 Å². The van der Waals surface area contributed by atoms with Gasteiger partial charge in [-0.1, -0.05) is 0 Å². The van der Waals surface area contributed by atoms with E-state index in [1.54, 1.807) is 0 Å². The molecule has 18 heavy (non-hydrogen) atoms. The highest BCUT2D eigenvalue weighted by Crippen LogP contribution is 2.26. The molecule has 1 aliphatic carbocycles. The monoisotopic (exact) mass is 279 g/mol. The third-order valence-corrected chi connectivity index (χ3v) is 4.90. The Hall–Kier alpha value is -1.15. The molecule has 3 atom stereocenters. The lowest BCUT2D eigenvalue weighted by atomic mass is 10.1. The first-order valence-electron chi connectivity index (χ1n) is 5.59. The number of ether oxygens (including phenoxy) is 1. The van der Waals surface area contributed by atoms with Crippen molar-refractivity contribution < 1.29 is 27.9 Å². The van der Waals surface area contributed by atoms with E-state index in [9.17, 15) is 18.0 Å². The van der Waals surface area contributed by atoms with Gasteiger partial charge >= 0.3 is 11.9 Å². The molecular formula is C10H17NO6S. The number of nitrogens with one attached hydrogen (secondary N) is 1. The second kappa shape index (κ2) is 5.66. The fourth-order valence-corrected chi connectivity index (χ4v) is 3.17. The predicted octanol–water partition coefficient (Wildman–Crippen LogP) is -0.279. The Morgan fingerprint density at radius 3 is 2.44 bits per heavy atom. The number of carbonyl (C=O) groups is 2. The van der Waals surface area contributed by atoms with Crippen molar-refractivity contribution in [3.05, 3.63) is 0 Å². The lowest BCUT2D eigenvalue weighted by molar-refractivity contribution is -0.142. The number of hydrogen-bond acceptors (Lipinski definition) is 5. The van der Waals surface area contributed by atoms with E-state index < -0.39 is 39.2 Å². The molecule has 1 fully saturated rings. The molecule has 0 spiro atoms. The molecule has 1 unspecified atom stereocenters. The molecule has 2 N–H and O–H groups in total. The van der Waals surface area contributed by atoms with E-state index in [1.165, 1.54) is 6.92 Å². The summed E-state index contributed by atoms with van der Waals surface area (Å²) in [6, 6.07) is -0.428. The number of hydrogen-bond donors (Lipinski definition) is 2. The average Bonchev–Trinajstić information content (AvgIpc) is 2.74. The normalized spacial score (nSPS) is 25.7. The summed E-state index contributed by atoms with van der Waals surface area (Å²) >= 11 is 0. The van der Waals surface area contributed by atoms with Crippen molar-refractivity contribution in [3.63, 3.8) is 0 Å². The van der Waals surface area contributed by atoms with Gasteiger partial charge in [-0.2, -0.15) is 0 Å². The van der Waals surface area contributed by atoms with E-state index in [0.29, 0.717) is 12.8 Å². The highest BCUT2D eigenvalue weighted by Gasteiger charge is 2.35. The second-order valence-corrected chi connectivity index (χ2v) is 6.41. The Bertz CT molecular complexity index is 432. The van der Waals surface area contributed by atoms with Crippen LogP contribution in [0.3, 0.4) is 0 Å². The highest BCUT2D eigenvalue weighted by atomic mass is 32.2. The Morgan fingerprint density at radius 1 is 1.39 bits per heavy atom. The van der Waals surface area contributed by atoms with Gasteiger partial charge in [0, 0.05) is 6.04 Å². The summed E-state index contributed by atoms with van der Waals surface area (Å²) < 4.78 is 30.3. The minimum Gasteiger partial charge on any atom is -0.481 e. The number of esters is 1. The zero-order valence-corrected chi connectivity index (χ0v) is 11.1. The predicted molar refractivity (Wildman–Crippen MR) is 62.3 cm³/mol. The van der Waals surface area contributed by atoms with Crippen LogP contribution in [-0.4, -0.2) is 43.9 Å². The van der Waals surface area contributed by atoms with Gasteiger partial charge in [-0.15, -0.1) is 0 Å². The molecule has 0 bridgehead atoms. The number of carbonyl (C=O) groups excluding carboxylic acids is 1. The van der Waals surface area contributed by atoms with Crippen LogP contribution in [0, 0.1) is 5.92 Å². The molecule has 1 saturated carbocycles. The van der Waals surface area contributed by atoms with Crippen molar-refractivity contribution in [2.24, 2.45) is 5.92 Å². The quantitative estimate of drug-likeness (QED) is 0.670. The van der Waals surface area contributed by atoms with Crippen molar-refractivity contribution >= 4 is 22.0 Å². The van der Waals surface area contributed by atoms with E-state index in [1.807, 2.05) is 0 Å². The van der Waals surface area contributed by atoms with Gasteiger partial charge in [0.1, 0.15) is 0 Å². The maximum atomic E-state index is 11.8. The van der Waals surface area contributed by atoms with Crippen molar-refractivity contribution in [1.82, 2.24) is 4.72 Å². The lowest BCUT2D eigenvalue weighted by Crippen LogP contribution is -2.42. The van der Waals surface area contributed by atoms with Crippen LogP contribution in [0.4, 0.5) is 0 Å². The van der Waals surface area contributed by atoms with Crippen LogP contribution in [0.5, 0.6) is 0 Å².